The van der Waals surface area contributed by atoms with Gasteiger partial charge in [-0.1, -0.05) is 51.9 Å². The summed E-state index contributed by atoms with van der Waals surface area (Å²) in [5, 5.41) is 9.86. The zero-order valence-electron chi connectivity index (χ0n) is 10.9. The maximum Gasteiger partial charge on any atom is 0.0573 e. The van der Waals surface area contributed by atoms with Gasteiger partial charge in [0.25, 0.3) is 0 Å². The molecule has 0 aliphatic heterocycles. The first-order chi connectivity index (χ1) is 7.78. The Labute approximate surface area is 101 Å². The fourth-order valence-electron chi connectivity index (χ4n) is 3.74. The van der Waals surface area contributed by atoms with Crippen LogP contribution in [0.4, 0.5) is 0 Å². The third-order valence-electron chi connectivity index (χ3n) is 4.92. The molecule has 2 aliphatic carbocycles. The van der Waals surface area contributed by atoms with E-state index in [2.05, 4.69) is 6.92 Å². The zero-order chi connectivity index (χ0) is 11.4. The van der Waals surface area contributed by atoms with Crippen LogP contribution in [0.5, 0.6) is 0 Å². The highest BCUT2D eigenvalue weighted by molar-refractivity contribution is 5.07. The normalized spacial score (nSPS) is 37.1. The molecule has 2 fully saturated rings. The predicted octanol–water partition coefficient (Wildman–Crippen LogP) is 4.29. The van der Waals surface area contributed by atoms with E-state index in [0.717, 1.165) is 6.42 Å². The summed E-state index contributed by atoms with van der Waals surface area (Å²) < 4.78 is 0. The average Bonchev–Trinajstić information content (AvgIpc) is 3.00. The molecule has 3 atom stereocenters. The van der Waals surface area contributed by atoms with Gasteiger partial charge in [0.1, 0.15) is 0 Å². The number of aliphatic hydroxyl groups excluding tert-OH is 1. The van der Waals surface area contributed by atoms with Crippen molar-refractivity contribution in [1.29, 1.82) is 0 Å². The lowest BCUT2D eigenvalue weighted by Gasteiger charge is -2.25. The molecule has 1 N–H and O–H groups in total. The summed E-state index contributed by atoms with van der Waals surface area (Å²) >= 11 is 0. The third-order valence-corrected chi connectivity index (χ3v) is 4.92. The molecule has 0 aromatic rings. The van der Waals surface area contributed by atoms with E-state index in [-0.39, 0.29) is 6.10 Å². The molecule has 0 saturated heterocycles. The Morgan fingerprint density at radius 2 is 1.88 bits per heavy atom. The smallest absolute Gasteiger partial charge is 0.0573 e. The number of aliphatic hydroxyl groups is 1. The standard InChI is InChI=1S/C15H28O/c1-2-3-4-5-6-7-10-15-11-8-9-14(16)13(15)12-15/h13-14,16H,2-12H2,1H3/t13-,14-,15-/m1/s1. The van der Waals surface area contributed by atoms with E-state index in [0.29, 0.717) is 11.3 Å². The molecule has 0 aromatic heterocycles. The van der Waals surface area contributed by atoms with Gasteiger partial charge in [-0.25, -0.2) is 0 Å². The van der Waals surface area contributed by atoms with Gasteiger partial charge in [-0.05, 0) is 37.0 Å². The van der Waals surface area contributed by atoms with E-state index in [9.17, 15) is 5.11 Å². The molecular weight excluding hydrogens is 196 g/mol. The van der Waals surface area contributed by atoms with E-state index in [1.165, 1.54) is 64.2 Å². The maximum absolute atomic E-state index is 9.86. The van der Waals surface area contributed by atoms with Crippen LogP contribution in [0.2, 0.25) is 0 Å². The van der Waals surface area contributed by atoms with Crippen LogP contribution >= 0.6 is 0 Å². The summed E-state index contributed by atoms with van der Waals surface area (Å²) in [5.74, 6) is 0.692. The lowest BCUT2D eigenvalue weighted by Crippen LogP contribution is -2.21. The fraction of sp³-hybridized carbons (Fsp3) is 1.00. The molecule has 0 amide bonds. The Hall–Kier alpha value is -0.0400. The molecule has 0 spiro atoms. The van der Waals surface area contributed by atoms with Crippen molar-refractivity contribution in [3.63, 3.8) is 0 Å². The number of unbranched alkanes of at least 4 members (excludes halogenated alkanes) is 5. The van der Waals surface area contributed by atoms with Crippen molar-refractivity contribution in [2.75, 3.05) is 0 Å². The lowest BCUT2D eigenvalue weighted by molar-refractivity contribution is 0.0896. The molecule has 94 valence electrons. The second-order valence-corrected chi connectivity index (χ2v) is 6.15. The topological polar surface area (TPSA) is 20.2 Å². The zero-order valence-corrected chi connectivity index (χ0v) is 10.9. The van der Waals surface area contributed by atoms with Gasteiger partial charge in [0.15, 0.2) is 0 Å². The summed E-state index contributed by atoms with van der Waals surface area (Å²) in [7, 11) is 0. The van der Waals surface area contributed by atoms with Gasteiger partial charge < -0.3 is 5.11 Å². The van der Waals surface area contributed by atoms with Crippen LogP contribution in [0.1, 0.15) is 77.6 Å². The van der Waals surface area contributed by atoms with Gasteiger partial charge in [-0.2, -0.15) is 0 Å². The average molecular weight is 224 g/mol. The van der Waals surface area contributed by atoms with Gasteiger partial charge in [-0.15, -0.1) is 0 Å². The lowest BCUT2D eigenvalue weighted by atomic mass is 9.83. The van der Waals surface area contributed by atoms with Crippen LogP contribution in [0, 0.1) is 11.3 Å². The Morgan fingerprint density at radius 1 is 1.12 bits per heavy atom. The highest BCUT2D eigenvalue weighted by Crippen LogP contribution is 2.64. The summed E-state index contributed by atoms with van der Waals surface area (Å²) in [6, 6.07) is 0. The minimum Gasteiger partial charge on any atom is -0.393 e. The van der Waals surface area contributed by atoms with Crippen LogP contribution < -0.4 is 0 Å². The number of hydrogen-bond acceptors (Lipinski definition) is 1. The van der Waals surface area contributed by atoms with E-state index < -0.39 is 0 Å². The monoisotopic (exact) mass is 224 g/mol. The molecule has 2 saturated carbocycles. The van der Waals surface area contributed by atoms with Crippen molar-refractivity contribution in [3.8, 4) is 0 Å². The molecule has 0 heterocycles. The van der Waals surface area contributed by atoms with Crippen LogP contribution in [0.3, 0.4) is 0 Å². The van der Waals surface area contributed by atoms with Gasteiger partial charge in [0.05, 0.1) is 6.10 Å². The molecule has 0 bridgehead atoms. The Bertz CT molecular complexity index is 213. The van der Waals surface area contributed by atoms with Crippen LogP contribution in [-0.4, -0.2) is 11.2 Å². The van der Waals surface area contributed by atoms with Gasteiger partial charge in [-0.3, -0.25) is 0 Å². The molecule has 2 aliphatic rings. The van der Waals surface area contributed by atoms with E-state index in [1.54, 1.807) is 0 Å². The van der Waals surface area contributed by atoms with Crippen molar-refractivity contribution in [2.45, 2.75) is 83.7 Å². The van der Waals surface area contributed by atoms with Crippen molar-refractivity contribution in [1.82, 2.24) is 0 Å². The molecule has 1 heteroatoms. The molecule has 0 radical (unpaired) electrons. The maximum atomic E-state index is 9.86. The van der Waals surface area contributed by atoms with E-state index >= 15 is 0 Å². The SMILES string of the molecule is CCCCCCCC[C@]12CCC[C@@H](O)[C@H]1C2. The molecule has 16 heavy (non-hydrogen) atoms. The first-order valence-corrected chi connectivity index (χ1v) is 7.46. The minimum absolute atomic E-state index is 0.0499. The summed E-state index contributed by atoms with van der Waals surface area (Å²) in [4.78, 5) is 0. The van der Waals surface area contributed by atoms with Crippen LogP contribution in [0.15, 0.2) is 0 Å². The molecule has 0 aromatic carbocycles. The summed E-state index contributed by atoms with van der Waals surface area (Å²) in [5.41, 5.74) is 0.614. The van der Waals surface area contributed by atoms with E-state index in [4.69, 9.17) is 0 Å². The van der Waals surface area contributed by atoms with Gasteiger partial charge in [0, 0.05) is 0 Å². The molecule has 1 nitrogen and oxygen atoms in total. The summed E-state index contributed by atoms with van der Waals surface area (Å²) in [6.07, 6.45) is 15.0. The van der Waals surface area contributed by atoms with Crippen molar-refractivity contribution < 1.29 is 5.11 Å². The number of fused-ring (bicyclic) bond motifs is 1. The van der Waals surface area contributed by atoms with Gasteiger partial charge in [0.2, 0.25) is 0 Å². The summed E-state index contributed by atoms with van der Waals surface area (Å²) in [6.45, 7) is 2.27. The quantitative estimate of drug-likeness (QED) is 0.640. The van der Waals surface area contributed by atoms with Gasteiger partial charge >= 0.3 is 0 Å². The molecule has 2 rings (SSSR count). The van der Waals surface area contributed by atoms with Crippen molar-refractivity contribution >= 4 is 0 Å². The Morgan fingerprint density at radius 3 is 2.69 bits per heavy atom. The first-order valence-electron chi connectivity index (χ1n) is 7.46. The van der Waals surface area contributed by atoms with Crippen LogP contribution in [-0.2, 0) is 0 Å². The molecule has 0 unspecified atom stereocenters. The third kappa shape index (κ3) is 2.80. The van der Waals surface area contributed by atoms with Crippen molar-refractivity contribution in [3.05, 3.63) is 0 Å². The van der Waals surface area contributed by atoms with E-state index in [1.807, 2.05) is 0 Å². The highest BCUT2D eigenvalue weighted by atomic mass is 16.3. The predicted molar refractivity (Wildman–Crippen MR) is 68.4 cm³/mol. The minimum atomic E-state index is 0.0499. The van der Waals surface area contributed by atoms with Crippen LogP contribution in [0.25, 0.3) is 0 Å². The fourth-order valence-corrected chi connectivity index (χ4v) is 3.74. The number of rotatable bonds is 7. The largest absolute Gasteiger partial charge is 0.393 e. The van der Waals surface area contributed by atoms with Crippen molar-refractivity contribution in [2.24, 2.45) is 11.3 Å². The second kappa shape index (κ2) is 5.53. The second-order valence-electron chi connectivity index (χ2n) is 6.15. The molecular formula is C15H28O. The Kier molecular flexibility index (Phi) is 4.29. The number of hydrogen-bond donors (Lipinski definition) is 1. The Balaban J connectivity index is 1.57. The first kappa shape index (κ1) is 12.4. The highest BCUT2D eigenvalue weighted by Gasteiger charge is 2.57.